The number of rotatable bonds is 6. The minimum absolute atomic E-state index is 0.0170. The lowest BCUT2D eigenvalue weighted by Gasteiger charge is -2.41. The maximum Gasteiger partial charge on any atom is 0.337 e. The molecule has 1 aromatic heterocycles. The van der Waals surface area contributed by atoms with E-state index >= 15 is 0 Å². The molecule has 3 aromatic rings. The van der Waals surface area contributed by atoms with Crippen LogP contribution >= 0.6 is 0 Å². The SMILES string of the molecule is COC(=O)c1ccc(O[C@@H](C)C(=O)N2CCN(c3nccc4ccccc34)C[C@H]2C)c(OC)c1. The Bertz CT molecular complexity index is 1190. The van der Waals surface area contributed by atoms with Crippen LogP contribution in [-0.2, 0) is 9.53 Å². The average Bonchev–Trinajstić information content (AvgIpc) is 2.87. The van der Waals surface area contributed by atoms with Gasteiger partial charge in [0.1, 0.15) is 5.82 Å². The summed E-state index contributed by atoms with van der Waals surface area (Å²) < 4.78 is 16.0. The minimum atomic E-state index is -0.720. The maximum absolute atomic E-state index is 13.2. The van der Waals surface area contributed by atoms with Gasteiger partial charge in [0.05, 0.1) is 19.8 Å². The van der Waals surface area contributed by atoms with Crippen LogP contribution in [0.4, 0.5) is 5.82 Å². The van der Waals surface area contributed by atoms with Gasteiger partial charge < -0.3 is 24.0 Å². The number of nitrogens with zero attached hydrogens (tertiary/aromatic N) is 3. The molecule has 4 rings (SSSR count). The van der Waals surface area contributed by atoms with Gasteiger partial charge in [0.25, 0.3) is 5.91 Å². The Morgan fingerprint density at radius 3 is 2.59 bits per heavy atom. The fourth-order valence-electron chi connectivity index (χ4n) is 4.32. The molecule has 0 spiro atoms. The highest BCUT2D eigenvalue weighted by Gasteiger charge is 2.32. The van der Waals surface area contributed by atoms with Crippen molar-refractivity contribution in [1.29, 1.82) is 0 Å². The smallest absolute Gasteiger partial charge is 0.337 e. The van der Waals surface area contributed by atoms with Crippen molar-refractivity contribution in [2.45, 2.75) is 26.0 Å². The van der Waals surface area contributed by atoms with Gasteiger partial charge >= 0.3 is 5.97 Å². The molecule has 0 saturated carbocycles. The second-order valence-electron chi connectivity index (χ2n) is 8.30. The summed E-state index contributed by atoms with van der Waals surface area (Å²) in [6, 6.07) is 14.9. The van der Waals surface area contributed by atoms with E-state index in [2.05, 4.69) is 22.0 Å². The zero-order valence-electron chi connectivity index (χ0n) is 19.9. The van der Waals surface area contributed by atoms with E-state index in [0.29, 0.717) is 36.7 Å². The number of fused-ring (bicyclic) bond motifs is 1. The molecule has 0 radical (unpaired) electrons. The Balaban J connectivity index is 1.44. The van der Waals surface area contributed by atoms with Gasteiger partial charge in [-0.05, 0) is 43.5 Å². The Morgan fingerprint density at radius 2 is 1.85 bits per heavy atom. The zero-order chi connectivity index (χ0) is 24.2. The molecule has 2 atom stereocenters. The molecule has 34 heavy (non-hydrogen) atoms. The van der Waals surface area contributed by atoms with Crippen LogP contribution in [0.1, 0.15) is 24.2 Å². The average molecular weight is 464 g/mol. The number of pyridine rings is 1. The molecule has 2 heterocycles. The van der Waals surface area contributed by atoms with Crippen molar-refractivity contribution in [2.75, 3.05) is 38.8 Å². The Kier molecular flexibility index (Phi) is 6.86. The summed E-state index contributed by atoms with van der Waals surface area (Å²) in [5.74, 6) is 1.12. The van der Waals surface area contributed by atoms with Gasteiger partial charge in [0, 0.05) is 37.3 Å². The van der Waals surface area contributed by atoms with Gasteiger partial charge in [0.2, 0.25) is 0 Å². The number of benzene rings is 2. The lowest BCUT2D eigenvalue weighted by atomic mass is 10.1. The van der Waals surface area contributed by atoms with Crippen LogP contribution in [-0.4, -0.2) is 67.8 Å². The Labute approximate surface area is 199 Å². The molecule has 1 fully saturated rings. The number of hydrogen-bond acceptors (Lipinski definition) is 7. The summed E-state index contributed by atoms with van der Waals surface area (Å²) in [6.07, 6.45) is 1.11. The molecule has 1 aliphatic heterocycles. The van der Waals surface area contributed by atoms with E-state index in [9.17, 15) is 9.59 Å². The number of methoxy groups -OCH3 is 2. The molecule has 178 valence electrons. The molecule has 0 bridgehead atoms. The summed E-state index contributed by atoms with van der Waals surface area (Å²) in [5.41, 5.74) is 0.345. The van der Waals surface area contributed by atoms with Crippen LogP contribution in [0.3, 0.4) is 0 Å². The molecular formula is C26H29N3O5. The molecule has 1 aliphatic rings. The number of aromatic nitrogens is 1. The van der Waals surface area contributed by atoms with E-state index < -0.39 is 12.1 Å². The standard InChI is InChI=1S/C26H29N3O5/c1-17-16-28(24-21-8-6-5-7-19(21)11-12-27-24)13-14-29(17)25(30)18(2)34-22-10-9-20(26(31)33-4)15-23(22)32-3/h5-12,15,17-18H,13-14,16H2,1-4H3/t17-,18+/m1/s1. The molecule has 8 nitrogen and oxygen atoms in total. The van der Waals surface area contributed by atoms with Gasteiger partial charge in [-0.3, -0.25) is 4.79 Å². The first-order chi connectivity index (χ1) is 16.4. The van der Waals surface area contributed by atoms with Crippen LogP contribution in [0, 0.1) is 0 Å². The van der Waals surface area contributed by atoms with Gasteiger partial charge in [-0.2, -0.15) is 0 Å². The number of ether oxygens (including phenoxy) is 3. The van der Waals surface area contributed by atoms with E-state index in [4.69, 9.17) is 14.2 Å². The molecular weight excluding hydrogens is 434 g/mol. The lowest BCUT2D eigenvalue weighted by Crippen LogP contribution is -2.56. The summed E-state index contributed by atoms with van der Waals surface area (Å²) in [6.45, 7) is 5.68. The van der Waals surface area contributed by atoms with Crippen LogP contribution in [0.15, 0.2) is 54.7 Å². The first-order valence-corrected chi connectivity index (χ1v) is 11.2. The third-order valence-corrected chi connectivity index (χ3v) is 6.10. The van der Waals surface area contributed by atoms with E-state index in [-0.39, 0.29) is 11.9 Å². The summed E-state index contributed by atoms with van der Waals surface area (Å²) in [4.78, 5) is 33.7. The quantitative estimate of drug-likeness (QED) is 0.517. The number of esters is 1. The molecule has 0 aliphatic carbocycles. The fourth-order valence-corrected chi connectivity index (χ4v) is 4.32. The van der Waals surface area contributed by atoms with E-state index in [1.165, 1.54) is 20.3 Å². The number of carbonyl (C=O) groups is 2. The number of anilines is 1. The molecule has 1 saturated heterocycles. The third-order valence-electron chi connectivity index (χ3n) is 6.10. The van der Waals surface area contributed by atoms with Crippen LogP contribution in [0.5, 0.6) is 11.5 Å². The summed E-state index contributed by atoms with van der Waals surface area (Å²) >= 11 is 0. The van der Waals surface area contributed by atoms with Crippen LogP contribution in [0.2, 0.25) is 0 Å². The molecule has 2 aromatic carbocycles. The number of piperazine rings is 1. The van der Waals surface area contributed by atoms with E-state index in [1.54, 1.807) is 19.1 Å². The van der Waals surface area contributed by atoms with Gasteiger partial charge in [-0.1, -0.05) is 24.3 Å². The largest absolute Gasteiger partial charge is 0.493 e. The molecule has 1 amide bonds. The summed E-state index contributed by atoms with van der Waals surface area (Å²) in [7, 11) is 2.80. The third kappa shape index (κ3) is 4.62. The highest BCUT2D eigenvalue weighted by atomic mass is 16.5. The second kappa shape index (κ2) is 9.99. The van der Waals surface area contributed by atoms with Crippen LogP contribution < -0.4 is 14.4 Å². The summed E-state index contributed by atoms with van der Waals surface area (Å²) in [5, 5.41) is 2.25. The highest BCUT2D eigenvalue weighted by Crippen LogP contribution is 2.30. The number of amides is 1. The lowest BCUT2D eigenvalue weighted by molar-refractivity contribution is -0.140. The predicted molar refractivity (Wildman–Crippen MR) is 130 cm³/mol. The van der Waals surface area contributed by atoms with Gasteiger partial charge in [-0.15, -0.1) is 0 Å². The normalized spacial score (nSPS) is 16.8. The monoisotopic (exact) mass is 463 g/mol. The fraction of sp³-hybridized carbons (Fsp3) is 0.346. The van der Waals surface area contributed by atoms with Crippen molar-refractivity contribution in [2.24, 2.45) is 0 Å². The second-order valence-corrected chi connectivity index (χ2v) is 8.30. The highest BCUT2D eigenvalue weighted by molar-refractivity contribution is 5.92. The van der Waals surface area contributed by atoms with Crippen molar-refractivity contribution in [3.63, 3.8) is 0 Å². The van der Waals surface area contributed by atoms with Crippen molar-refractivity contribution in [3.8, 4) is 11.5 Å². The first kappa shape index (κ1) is 23.4. The predicted octanol–water partition coefficient (Wildman–Crippen LogP) is 3.53. The number of hydrogen-bond donors (Lipinski definition) is 0. The maximum atomic E-state index is 13.2. The molecule has 8 heteroatoms. The van der Waals surface area contributed by atoms with Crippen molar-refractivity contribution < 1.29 is 23.8 Å². The Hall–Kier alpha value is -3.81. The molecule has 0 N–H and O–H groups in total. The Morgan fingerprint density at radius 1 is 1.06 bits per heavy atom. The van der Waals surface area contributed by atoms with Gasteiger partial charge in [0.15, 0.2) is 17.6 Å². The van der Waals surface area contributed by atoms with E-state index in [1.807, 2.05) is 36.2 Å². The number of carbonyl (C=O) groups excluding carboxylic acids is 2. The molecule has 0 unspecified atom stereocenters. The zero-order valence-corrected chi connectivity index (χ0v) is 19.9. The van der Waals surface area contributed by atoms with Crippen LogP contribution in [0.25, 0.3) is 10.8 Å². The van der Waals surface area contributed by atoms with E-state index in [0.717, 1.165) is 16.6 Å². The minimum Gasteiger partial charge on any atom is -0.493 e. The van der Waals surface area contributed by atoms with Crippen molar-refractivity contribution in [3.05, 3.63) is 60.3 Å². The topological polar surface area (TPSA) is 81.2 Å². The first-order valence-electron chi connectivity index (χ1n) is 11.2. The van der Waals surface area contributed by atoms with Crippen molar-refractivity contribution in [1.82, 2.24) is 9.88 Å². The van der Waals surface area contributed by atoms with Crippen molar-refractivity contribution >= 4 is 28.5 Å². The van der Waals surface area contributed by atoms with Gasteiger partial charge in [-0.25, -0.2) is 9.78 Å².